The Morgan fingerprint density at radius 1 is 1.60 bits per heavy atom. The first kappa shape index (κ1) is 14.7. The van der Waals surface area contributed by atoms with Crippen molar-refractivity contribution in [2.75, 3.05) is 32.5 Å². The standard InChI is InChI=1S/C13H18FN3O3/c1-17(8-13(19)2-4-20-5-3-13)12(18)10-6-9(14)7-16-11(10)15/h6-7,19H,2-5,8H2,1H3,(H2,15,16). The smallest absolute Gasteiger partial charge is 0.257 e. The maximum absolute atomic E-state index is 13.2. The first-order chi connectivity index (χ1) is 9.41. The molecule has 1 saturated heterocycles. The fourth-order valence-electron chi connectivity index (χ4n) is 2.25. The highest BCUT2D eigenvalue weighted by atomic mass is 19.1. The molecule has 0 unspecified atom stereocenters. The number of hydrogen-bond acceptors (Lipinski definition) is 5. The summed E-state index contributed by atoms with van der Waals surface area (Å²) < 4.78 is 18.3. The number of nitrogens with two attached hydrogens (primary N) is 1. The third kappa shape index (κ3) is 3.23. The summed E-state index contributed by atoms with van der Waals surface area (Å²) in [5, 5.41) is 10.4. The van der Waals surface area contributed by atoms with E-state index in [9.17, 15) is 14.3 Å². The summed E-state index contributed by atoms with van der Waals surface area (Å²) >= 11 is 0. The molecular formula is C13H18FN3O3. The molecule has 0 aromatic carbocycles. The van der Waals surface area contributed by atoms with Crippen molar-refractivity contribution in [1.29, 1.82) is 0 Å². The van der Waals surface area contributed by atoms with E-state index in [0.717, 1.165) is 12.3 Å². The van der Waals surface area contributed by atoms with Gasteiger partial charge in [-0.2, -0.15) is 0 Å². The fraction of sp³-hybridized carbons (Fsp3) is 0.538. The minimum Gasteiger partial charge on any atom is -0.388 e. The van der Waals surface area contributed by atoms with Crippen LogP contribution in [0.3, 0.4) is 0 Å². The van der Waals surface area contributed by atoms with Gasteiger partial charge < -0.3 is 20.5 Å². The van der Waals surface area contributed by atoms with Crippen LogP contribution in [0.15, 0.2) is 12.3 Å². The zero-order valence-electron chi connectivity index (χ0n) is 11.3. The van der Waals surface area contributed by atoms with Gasteiger partial charge >= 0.3 is 0 Å². The zero-order chi connectivity index (χ0) is 14.8. The highest BCUT2D eigenvalue weighted by Gasteiger charge is 2.33. The highest BCUT2D eigenvalue weighted by Crippen LogP contribution is 2.22. The SMILES string of the molecule is CN(CC1(O)CCOCC1)C(=O)c1cc(F)cnc1N. The predicted molar refractivity (Wildman–Crippen MR) is 70.6 cm³/mol. The van der Waals surface area contributed by atoms with Crippen molar-refractivity contribution in [3.63, 3.8) is 0 Å². The topological polar surface area (TPSA) is 88.7 Å². The number of nitrogen functional groups attached to an aromatic ring is 1. The van der Waals surface area contributed by atoms with E-state index in [2.05, 4.69) is 4.98 Å². The first-order valence-electron chi connectivity index (χ1n) is 6.38. The Bertz CT molecular complexity index is 504. The monoisotopic (exact) mass is 283 g/mol. The Kier molecular flexibility index (Phi) is 4.20. The van der Waals surface area contributed by atoms with Crippen molar-refractivity contribution in [2.45, 2.75) is 18.4 Å². The predicted octanol–water partition coefficient (Wildman–Crippen LogP) is 0.416. The molecule has 3 N–H and O–H groups in total. The average Bonchev–Trinajstić information content (AvgIpc) is 2.41. The van der Waals surface area contributed by atoms with E-state index in [0.29, 0.717) is 26.1 Å². The van der Waals surface area contributed by atoms with E-state index >= 15 is 0 Å². The highest BCUT2D eigenvalue weighted by molar-refractivity contribution is 5.98. The largest absolute Gasteiger partial charge is 0.388 e. The molecule has 1 fully saturated rings. The molecule has 20 heavy (non-hydrogen) atoms. The lowest BCUT2D eigenvalue weighted by atomic mass is 9.94. The third-order valence-corrected chi connectivity index (χ3v) is 3.42. The Hall–Kier alpha value is -1.73. The van der Waals surface area contributed by atoms with Crippen LogP contribution in [0.25, 0.3) is 0 Å². The maximum atomic E-state index is 13.2. The summed E-state index contributed by atoms with van der Waals surface area (Å²) in [6.07, 6.45) is 1.88. The molecule has 1 aliphatic heterocycles. The molecule has 2 heterocycles. The summed E-state index contributed by atoms with van der Waals surface area (Å²) in [4.78, 5) is 17.2. The molecule has 0 aliphatic carbocycles. The van der Waals surface area contributed by atoms with Gasteiger partial charge in [-0.3, -0.25) is 4.79 Å². The van der Waals surface area contributed by atoms with Crippen molar-refractivity contribution in [3.05, 3.63) is 23.6 Å². The number of aromatic nitrogens is 1. The van der Waals surface area contributed by atoms with E-state index in [1.54, 1.807) is 7.05 Å². The van der Waals surface area contributed by atoms with Gasteiger partial charge in [-0.25, -0.2) is 9.37 Å². The number of halogens is 1. The van der Waals surface area contributed by atoms with Gasteiger partial charge in [0, 0.05) is 39.6 Å². The summed E-state index contributed by atoms with van der Waals surface area (Å²) in [5.74, 6) is -1.11. The van der Waals surface area contributed by atoms with E-state index in [1.165, 1.54) is 4.90 Å². The van der Waals surface area contributed by atoms with Crippen LogP contribution in [0, 0.1) is 5.82 Å². The molecule has 0 bridgehead atoms. The molecule has 0 saturated carbocycles. The minimum atomic E-state index is -0.974. The summed E-state index contributed by atoms with van der Waals surface area (Å²) in [5.41, 5.74) is 4.62. The number of rotatable bonds is 3. The normalized spacial score (nSPS) is 17.8. The Balaban J connectivity index is 2.10. The van der Waals surface area contributed by atoms with E-state index in [1.807, 2.05) is 0 Å². The molecule has 0 atom stereocenters. The van der Waals surface area contributed by atoms with Crippen molar-refractivity contribution in [3.8, 4) is 0 Å². The van der Waals surface area contributed by atoms with Crippen LogP contribution in [0.5, 0.6) is 0 Å². The first-order valence-corrected chi connectivity index (χ1v) is 6.38. The van der Waals surface area contributed by atoms with E-state index in [-0.39, 0.29) is 17.9 Å². The fourth-order valence-corrected chi connectivity index (χ4v) is 2.25. The Morgan fingerprint density at radius 2 is 2.25 bits per heavy atom. The van der Waals surface area contributed by atoms with Gasteiger partial charge in [0.15, 0.2) is 0 Å². The third-order valence-electron chi connectivity index (χ3n) is 3.42. The van der Waals surface area contributed by atoms with E-state index < -0.39 is 17.3 Å². The summed E-state index contributed by atoms with van der Waals surface area (Å²) in [6, 6.07) is 1.05. The molecule has 7 heteroatoms. The summed E-state index contributed by atoms with van der Waals surface area (Å²) in [7, 11) is 1.54. The van der Waals surface area contributed by atoms with E-state index in [4.69, 9.17) is 10.5 Å². The number of nitrogens with zero attached hydrogens (tertiary/aromatic N) is 2. The maximum Gasteiger partial charge on any atom is 0.257 e. The van der Waals surface area contributed by atoms with Crippen LogP contribution in [0.1, 0.15) is 23.2 Å². The van der Waals surface area contributed by atoms with Gasteiger partial charge in [-0.15, -0.1) is 0 Å². The molecular weight excluding hydrogens is 265 g/mol. The number of hydrogen-bond donors (Lipinski definition) is 2. The van der Waals surface area contributed by atoms with Gasteiger partial charge in [0.05, 0.1) is 17.4 Å². The summed E-state index contributed by atoms with van der Waals surface area (Å²) in [6.45, 7) is 1.07. The molecule has 2 rings (SSSR count). The molecule has 6 nitrogen and oxygen atoms in total. The molecule has 1 aromatic heterocycles. The lowest BCUT2D eigenvalue weighted by molar-refractivity contribution is -0.0734. The lowest BCUT2D eigenvalue weighted by Gasteiger charge is -2.35. The second-order valence-corrected chi connectivity index (χ2v) is 5.08. The molecule has 1 amide bonds. The average molecular weight is 283 g/mol. The van der Waals surface area contributed by atoms with Gasteiger partial charge in [-0.1, -0.05) is 0 Å². The lowest BCUT2D eigenvalue weighted by Crippen LogP contribution is -2.47. The van der Waals surface area contributed by atoms with Gasteiger partial charge in [0.1, 0.15) is 11.6 Å². The molecule has 1 aromatic rings. The Morgan fingerprint density at radius 3 is 2.90 bits per heavy atom. The van der Waals surface area contributed by atoms with Crippen LogP contribution in [-0.4, -0.2) is 53.3 Å². The van der Waals surface area contributed by atoms with Crippen molar-refractivity contribution < 1.29 is 19.0 Å². The molecule has 0 spiro atoms. The number of pyridine rings is 1. The number of aliphatic hydroxyl groups is 1. The number of amides is 1. The second-order valence-electron chi connectivity index (χ2n) is 5.08. The number of anilines is 1. The molecule has 110 valence electrons. The van der Waals surface area contributed by atoms with Crippen molar-refractivity contribution in [1.82, 2.24) is 9.88 Å². The van der Waals surface area contributed by atoms with Crippen LogP contribution >= 0.6 is 0 Å². The van der Waals surface area contributed by atoms with Crippen LogP contribution in [-0.2, 0) is 4.74 Å². The van der Waals surface area contributed by atoms with Gasteiger partial charge in [0.25, 0.3) is 5.91 Å². The number of carbonyl (C=O) groups is 1. The quantitative estimate of drug-likeness (QED) is 0.839. The number of likely N-dealkylation sites (N-methyl/N-ethyl adjacent to an activating group) is 1. The number of ether oxygens (including phenoxy) is 1. The minimum absolute atomic E-state index is 0.00293. The van der Waals surface area contributed by atoms with Crippen LogP contribution < -0.4 is 5.73 Å². The van der Waals surface area contributed by atoms with Crippen LogP contribution in [0.2, 0.25) is 0 Å². The number of carbonyl (C=O) groups excluding carboxylic acids is 1. The zero-order valence-corrected chi connectivity index (χ0v) is 11.3. The Labute approximate surface area is 116 Å². The van der Waals surface area contributed by atoms with Crippen molar-refractivity contribution >= 4 is 11.7 Å². The van der Waals surface area contributed by atoms with Crippen molar-refractivity contribution in [2.24, 2.45) is 0 Å². The second kappa shape index (κ2) is 5.72. The molecule has 1 aliphatic rings. The van der Waals surface area contributed by atoms with Gasteiger partial charge in [-0.05, 0) is 6.07 Å². The molecule has 0 radical (unpaired) electrons. The van der Waals surface area contributed by atoms with Crippen LogP contribution in [0.4, 0.5) is 10.2 Å². The van der Waals surface area contributed by atoms with Gasteiger partial charge in [0.2, 0.25) is 0 Å².